The summed E-state index contributed by atoms with van der Waals surface area (Å²) in [4.78, 5) is 0. The van der Waals surface area contributed by atoms with Crippen LogP contribution in [0, 0.1) is 6.92 Å². The van der Waals surface area contributed by atoms with Gasteiger partial charge in [0, 0.05) is 22.7 Å². The number of nitrogens with two attached hydrogens (primary N) is 1. The lowest BCUT2D eigenvalue weighted by Gasteiger charge is -2.15. The molecule has 72 valence electrons. The molecule has 0 spiro atoms. The van der Waals surface area contributed by atoms with Crippen molar-refractivity contribution in [1.82, 2.24) is 0 Å². The molecule has 0 aliphatic carbocycles. The molecule has 0 fully saturated rings. The number of aryl methyl sites for hydroxylation is 1. The lowest BCUT2D eigenvalue weighted by Crippen LogP contribution is -2.25. The predicted octanol–water partition coefficient (Wildman–Crippen LogP) is 2.52. The highest BCUT2D eigenvalue weighted by Crippen LogP contribution is 2.20. The summed E-state index contributed by atoms with van der Waals surface area (Å²) in [6.07, 6.45) is 0. The van der Waals surface area contributed by atoms with Gasteiger partial charge in [-0.1, -0.05) is 15.9 Å². The summed E-state index contributed by atoms with van der Waals surface area (Å²) in [5.41, 5.74) is 7.91. The fraction of sp³-hybridized carbons (Fsp3) is 0.400. The van der Waals surface area contributed by atoms with Gasteiger partial charge in [0.05, 0.1) is 0 Å². The van der Waals surface area contributed by atoms with E-state index < -0.39 is 0 Å². The van der Waals surface area contributed by atoms with E-state index in [1.54, 1.807) is 0 Å². The molecular weight excluding hydrogens is 228 g/mol. The monoisotopic (exact) mass is 242 g/mol. The highest BCUT2D eigenvalue weighted by molar-refractivity contribution is 9.10. The number of hydrogen-bond donors (Lipinski definition) is 2. The van der Waals surface area contributed by atoms with Crippen molar-refractivity contribution in [1.29, 1.82) is 0 Å². The van der Waals surface area contributed by atoms with E-state index in [9.17, 15) is 0 Å². The minimum atomic E-state index is 0.319. The zero-order chi connectivity index (χ0) is 9.84. The first-order chi connectivity index (χ1) is 6.13. The molecule has 1 rings (SSSR count). The van der Waals surface area contributed by atoms with Crippen LogP contribution < -0.4 is 11.1 Å². The van der Waals surface area contributed by atoms with Crippen LogP contribution in [0.2, 0.25) is 0 Å². The van der Waals surface area contributed by atoms with Gasteiger partial charge in [-0.05, 0) is 37.6 Å². The van der Waals surface area contributed by atoms with Crippen molar-refractivity contribution in [2.24, 2.45) is 5.73 Å². The molecule has 0 saturated carbocycles. The highest BCUT2D eigenvalue weighted by Gasteiger charge is 2.01. The predicted molar refractivity (Wildman–Crippen MR) is 61.0 cm³/mol. The first-order valence-electron chi connectivity index (χ1n) is 4.36. The van der Waals surface area contributed by atoms with Gasteiger partial charge in [-0.3, -0.25) is 0 Å². The van der Waals surface area contributed by atoms with E-state index in [0.29, 0.717) is 12.6 Å². The molecule has 0 bridgehead atoms. The second-order valence-corrected chi connectivity index (χ2v) is 4.16. The average Bonchev–Trinajstić information content (AvgIpc) is 2.09. The maximum Gasteiger partial charge on any atom is 0.0373 e. The molecule has 0 amide bonds. The molecule has 2 nitrogen and oxygen atoms in total. The van der Waals surface area contributed by atoms with E-state index in [1.165, 1.54) is 5.56 Å². The van der Waals surface area contributed by atoms with Crippen molar-refractivity contribution < 1.29 is 0 Å². The number of hydrogen-bond acceptors (Lipinski definition) is 2. The first-order valence-corrected chi connectivity index (χ1v) is 5.15. The summed E-state index contributed by atoms with van der Waals surface area (Å²) in [6.45, 7) is 4.80. The molecule has 1 atom stereocenters. The number of anilines is 1. The summed E-state index contributed by atoms with van der Waals surface area (Å²) in [7, 11) is 0. The maximum absolute atomic E-state index is 5.53. The quantitative estimate of drug-likeness (QED) is 0.856. The number of halogens is 1. The number of benzene rings is 1. The van der Waals surface area contributed by atoms with E-state index >= 15 is 0 Å². The topological polar surface area (TPSA) is 38.0 Å². The normalized spacial score (nSPS) is 12.6. The molecule has 13 heavy (non-hydrogen) atoms. The highest BCUT2D eigenvalue weighted by atomic mass is 79.9. The third kappa shape index (κ3) is 3.01. The van der Waals surface area contributed by atoms with Gasteiger partial charge in [0.25, 0.3) is 0 Å². The zero-order valence-electron chi connectivity index (χ0n) is 7.97. The molecule has 1 aromatic rings. The third-order valence-electron chi connectivity index (χ3n) is 1.94. The molecule has 0 saturated heterocycles. The molecule has 0 heterocycles. The van der Waals surface area contributed by atoms with Gasteiger partial charge in [-0.15, -0.1) is 0 Å². The van der Waals surface area contributed by atoms with Crippen LogP contribution in [0.3, 0.4) is 0 Å². The van der Waals surface area contributed by atoms with Gasteiger partial charge in [-0.25, -0.2) is 0 Å². The Morgan fingerprint density at radius 3 is 2.77 bits per heavy atom. The second-order valence-electron chi connectivity index (χ2n) is 3.24. The molecule has 0 radical (unpaired) electrons. The van der Waals surface area contributed by atoms with Crippen LogP contribution in [0.25, 0.3) is 0 Å². The van der Waals surface area contributed by atoms with Gasteiger partial charge in [0.15, 0.2) is 0 Å². The lowest BCUT2D eigenvalue weighted by atomic mass is 10.2. The zero-order valence-corrected chi connectivity index (χ0v) is 9.56. The van der Waals surface area contributed by atoms with E-state index in [2.05, 4.69) is 47.2 Å². The van der Waals surface area contributed by atoms with Crippen LogP contribution in [-0.2, 0) is 0 Å². The van der Waals surface area contributed by atoms with Crippen LogP contribution in [0.1, 0.15) is 12.5 Å². The fourth-order valence-electron chi connectivity index (χ4n) is 1.11. The van der Waals surface area contributed by atoms with Crippen LogP contribution in [0.4, 0.5) is 5.69 Å². The molecule has 3 N–H and O–H groups in total. The summed E-state index contributed by atoms with van der Waals surface area (Å²) >= 11 is 3.43. The molecule has 1 aromatic carbocycles. The summed E-state index contributed by atoms with van der Waals surface area (Å²) < 4.78 is 1.11. The summed E-state index contributed by atoms with van der Waals surface area (Å²) in [5, 5.41) is 3.34. The van der Waals surface area contributed by atoms with E-state index in [0.717, 1.165) is 10.2 Å². The Hall–Kier alpha value is -0.540. The van der Waals surface area contributed by atoms with Crippen molar-refractivity contribution in [2.45, 2.75) is 19.9 Å². The van der Waals surface area contributed by atoms with Crippen LogP contribution >= 0.6 is 15.9 Å². The Bertz CT molecular complexity index is 286. The SMILES string of the molecule is Cc1cc(Br)ccc1NC(C)CN. The third-order valence-corrected chi connectivity index (χ3v) is 2.44. The Balaban J connectivity index is 2.77. The number of rotatable bonds is 3. The average molecular weight is 243 g/mol. The standard InChI is InChI=1S/C10H15BrN2/c1-7-5-9(11)3-4-10(7)13-8(2)6-12/h3-5,8,13H,6,12H2,1-2H3. The summed E-state index contributed by atoms with van der Waals surface area (Å²) in [5.74, 6) is 0. The summed E-state index contributed by atoms with van der Waals surface area (Å²) in [6, 6.07) is 6.50. The fourth-order valence-corrected chi connectivity index (χ4v) is 1.59. The van der Waals surface area contributed by atoms with Gasteiger partial charge >= 0.3 is 0 Å². The minimum Gasteiger partial charge on any atom is -0.381 e. The lowest BCUT2D eigenvalue weighted by molar-refractivity contribution is 0.803. The molecular formula is C10H15BrN2. The molecule has 0 aliphatic rings. The number of nitrogens with one attached hydrogen (secondary N) is 1. The van der Waals surface area contributed by atoms with E-state index in [1.807, 2.05) is 6.07 Å². The van der Waals surface area contributed by atoms with E-state index in [4.69, 9.17) is 5.73 Å². The Morgan fingerprint density at radius 1 is 1.54 bits per heavy atom. The Labute approximate surface area is 87.6 Å². The second kappa shape index (κ2) is 4.63. The van der Waals surface area contributed by atoms with Crippen molar-refractivity contribution in [3.8, 4) is 0 Å². The molecule has 0 aliphatic heterocycles. The van der Waals surface area contributed by atoms with Gasteiger partial charge in [0.1, 0.15) is 0 Å². The maximum atomic E-state index is 5.53. The van der Waals surface area contributed by atoms with Gasteiger partial charge in [0.2, 0.25) is 0 Å². The van der Waals surface area contributed by atoms with Crippen molar-refractivity contribution in [3.05, 3.63) is 28.2 Å². The molecule has 1 unspecified atom stereocenters. The molecule has 0 aromatic heterocycles. The van der Waals surface area contributed by atoms with Crippen molar-refractivity contribution in [2.75, 3.05) is 11.9 Å². The minimum absolute atomic E-state index is 0.319. The Morgan fingerprint density at radius 2 is 2.23 bits per heavy atom. The van der Waals surface area contributed by atoms with Crippen molar-refractivity contribution >= 4 is 21.6 Å². The van der Waals surface area contributed by atoms with Crippen LogP contribution in [0.15, 0.2) is 22.7 Å². The smallest absolute Gasteiger partial charge is 0.0373 e. The molecule has 3 heteroatoms. The largest absolute Gasteiger partial charge is 0.381 e. The van der Waals surface area contributed by atoms with Crippen molar-refractivity contribution in [3.63, 3.8) is 0 Å². The van der Waals surface area contributed by atoms with E-state index in [-0.39, 0.29) is 0 Å². The van der Waals surface area contributed by atoms with Crippen LogP contribution in [0.5, 0.6) is 0 Å². The van der Waals surface area contributed by atoms with Gasteiger partial charge < -0.3 is 11.1 Å². The Kier molecular flexibility index (Phi) is 3.75. The van der Waals surface area contributed by atoms with Gasteiger partial charge in [-0.2, -0.15) is 0 Å². The first kappa shape index (κ1) is 10.5. The van der Waals surface area contributed by atoms with Crippen LogP contribution in [-0.4, -0.2) is 12.6 Å².